The van der Waals surface area contributed by atoms with Crippen LogP contribution in [0.3, 0.4) is 0 Å². The first kappa shape index (κ1) is 32.1. The molecule has 4 heterocycles. The molecule has 12 aromatic rings. The van der Waals surface area contributed by atoms with Crippen LogP contribution in [-0.4, -0.2) is 19.1 Å². The van der Waals surface area contributed by atoms with Gasteiger partial charge >= 0.3 is 0 Å². The smallest absolute Gasteiger partial charge is 0.235 e. The maximum atomic E-state index is 6.32. The molecule has 0 unspecified atom stereocenters. The number of nitrogens with zero attached hydrogens (tertiary/aromatic N) is 4. The summed E-state index contributed by atoms with van der Waals surface area (Å²) in [6.07, 6.45) is 0. The van der Waals surface area contributed by atoms with Crippen LogP contribution in [0.1, 0.15) is 0 Å². The van der Waals surface area contributed by atoms with E-state index in [2.05, 4.69) is 173 Å². The number of fused-ring (bicyclic) bond motifs is 9. The minimum Gasteiger partial charge on any atom is -0.456 e. The summed E-state index contributed by atoms with van der Waals surface area (Å²) < 4.78 is 11.0. The fraction of sp³-hybridized carbons (Fsp3) is 0. The van der Waals surface area contributed by atoms with E-state index >= 15 is 0 Å². The fourth-order valence-corrected chi connectivity index (χ4v) is 9.35. The van der Waals surface area contributed by atoms with Gasteiger partial charge in [0.2, 0.25) is 5.95 Å². The monoisotopic (exact) mass is 752 g/mol. The summed E-state index contributed by atoms with van der Waals surface area (Å²) in [5.74, 6) is 2.21. The van der Waals surface area contributed by atoms with Crippen LogP contribution < -0.4 is 4.74 Å². The van der Waals surface area contributed by atoms with Gasteiger partial charge in [-0.1, -0.05) is 121 Å². The Morgan fingerprint density at radius 3 is 1.92 bits per heavy atom. The Labute approximate surface area is 338 Å². The van der Waals surface area contributed by atoms with Gasteiger partial charge in [0.15, 0.2) is 0 Å². The Morgan fingerprint density at radius 1 is 0.373 bits per heavy atom. The van der Waals surface area contributed by atoms with E-state index in [-0.39, 0.29) is 0 Å². The molecule has 0 radical (unpaired) electrons. The van der Waals surface area contributed by atoms with Gasteiger partial charge in [0, 0.05) is 32.8 Å². The normalized spacial score (nSPS) is 12.2. The molecule has 0 bridgehead atoms. The van der Waals surface area contributed by atoms with Crippen LogP contribution in [0.2, 0.25) is 0 Å². The summed E-state index contributed by atoms with van der Waals surface area (Å²) in [5.41, 5.74) is 13.0. The lowest BCUT2D eigenvalue weighted by atomic mass is 10.0. The van der Waals surface area contributed by atoms with Crippen molar-refractivity contribution in [3.63, 3.8) is 0 Å². The molecule has 0 spiro atoms. The van der Waals surface area contributed by atoms with Crippen LogP contribution in [0.15, 0.2) is 194 Å². The Hall–Kier alpha value is -8.02. The van der Waals surface area contributed by atoms with Crippen molar-refractivity contribution < 1.29 is 4.74 Å². The van der Waals surface area contributed by atoms with E-state index in [9.17, 15) is 0 Å². The third kappa shape index (κ3) is 4.79. The summed E-state index contributed by atoms with van der Waals surface area (Å²) in [4.78, 5) is 10.6. The minimum atomic E-state index is 0.633. The van der Waals surface area contributed by atoms with Crippen LogP contribution in [0.5, 0.6) is 11.5 Å². The molecule has 0 N–H and O–H groups in total. The topological polar surface area (TPSA) is 44.9 Å². The highest BCUT2D eigenvalue weighted by atomic mass is 16.5. The lowest BCUT2D eigenvalue weighted by Gasteiger charge is -2.21. The third-order valence-electron chi connectivity index (χ3n) is 12.1. The Bertz CT molecular complexity index is 3690. The van der Waals surface area contributed by atoms with Crippen molar-refractivity contribution in [1.29, 1.82) is 0 Å². The lowest BCUT2D eigenvalue weighted by Crippen LogP contribution is -2.06. The number of para-hydroxylation sites is 2. The number of ether oxygens (including phenoxy) is 1. The SMILES string of the molecule is c1ccc(-c2ccc(-n3c4ccc(-c5ccc6c7ccccc7n(-c7nc8c9c(cccc9n7)Oc7ccccc7-8)c6c5)cc4c4cc5ccccc5cc43)cc2)cc1. The molecule has 0 atom stereocenters. The van der Waals surface area contributed by atoms with Crippen molar-refractivity contribution in [3.8, 4) is 56.6 Å². The summed E-state index contributed by atoms with van der Waals surface area (Å²) >= 11 is 0. The van der Waals surface area contributed by atoms with Crippen molar-refractivity contribution in [3.05, 3.63) is 194 Å². The second-order valence-corrected chi connectivity index (χ2v) is 15.4. The van der Waals surface area contributed by atoms with Crippen molar-refractivity contribution in [1.82, 2.24) is 19.1 Å². The van der Waals surface area contributed by atoms with E-state index in [1.807, 2.05) is 30.3 Å². The van der Waals surface area contributed by atoms with Gasteiger partial charge in [-0.15, -0.1) is 0 Å². The molecule has 13 rings (SSSR count). The summed E-state index contributed by atoms with van der Waals surface area (Å²) in [7, 11) is 0. The van der Waals surface area contributed by atoms with E-state index in [4.69, 9.17) is 14.7 Å². The molecule has 5 heteroatoms. The molecule has 0 aliphatic carbocycles. The van der Waals surface area contributed by atoms with Crippen LogP contribution in [0.25, 0.3) is 110 Å². The summed E-state index contributed by atoms with van der Waals surface area (Å²) in [6.45, 7) is 0. The number of rotatable bonds is 4. The Morgan fingerprint density at radius 2 is 1.02 bits per heavy atom. The van der Waals surface area contributed by atoms with Crippen LogP contribution in [-0.2, 0) is 0 Å². The van der Waals surface area contributed by atoms with Crippen LogP contribution in [0.4, 0.5) is 0 Å². The van der Waals surface area contributed by atoms with Gasteiger partial charge in [0.1, 0.15) is 11.5 Å². The molecule has 274 valence electrons. The molecular weight excluding hydrogens is 721 g/mol. The van der Waals surface area contributed by atoms with Gasteiger partial charge in [-0.3, -0.25) is 4.57 Å². The molecule has 1 aliphatic rings. The van der Waals surface area contributed by atoms with Crippen LogP contribution >= 0.6 is 0 Å². The lowest BCUT2D eigenvalue weighted by molar-refractivity contribution is 0.486. The van der Waals surface area contributed by atoms with E-state index in [0.29, 0.717) is 5.95 Å². The summed E-state index contributed by atoms with van der Waals surface area (Å²) in [6, 6.07) is 69.3. The van der Waals surface area contributed by atoms with E-state index in [1.165, 1.54) is 43.7 Å². The van der Waals surface area contributed by atoms with E-state index in [0.717, 1.165) is 72.3 Å². The Balaban J connectivity index is 1.02. The van der Waals surface area contributed by atoms with Gasteiger partial charge < -0.3 is 9.30 Å². The van der Waals surface area contributed by atoms with Gasteiger partial charge in [0.25, 0.3) is 0 Å². The molecule has 1 aliphatic heterocycles. The average molecular weight is 753 g/mol. The molecule has 3 aromatic heterocycles. The maximum absolute atomic E-state index is 6.32. The molecule has 0 saturated heterocycles. The zero-order valence-electron chi connectivity index (χ0n) is 31.7. The molecule has 0 saturated carbocycles. The zero-order chi connectivity index (χ0) is 38.6. The molecule has 9 aromatic carbocycles. The molecule has 0 amide bonds. The second-order valence-electron chi connectivity index (χ2n) is 15.4. The van der Waals surface area contributed by atoms with Gasteiger partial charge in [-0.05, 0) is 106 Å². The zero-order valence-corrected chi connectivity index (χ0v) is 31.7. The number of benzene rings is 9. The predicted octanol–water partition coefficient (Wildman–Crippen LogP) is 14.1. The highest BCUT2D eigenvalue weighted by Crippen LogP contribution is 2.46. The first-order valence-electron chi connectivity index (χ1n) is 20.0. The quantitative estimate of drug-likeness (QED) is 0.180. The molecular formula is C54H32N4O. The number of aromatic nitrogens is 4. The largest absolute Gasteiger partial charge is 0.456 e. The third-order valence-corrected chi connectivity index (χ3v) is 12.1. The van der Waals surface area contributed by atoms with Gasteiger partial charge in [0.05, 0.1) is 38.7 Å². The van der Waals surface area contributed by atoms with Gasteiger partial charge in [-0.2, -0.15) is 0 Å². The summed E-state index contributed by atoms with van der Waals surface area (Å²) in [5, 5.41) is 8.14. The first-order valence-corrected chi connectivity index (χ1v) is 20.0. The van der Waals surface area contributed by atoms with Crippen molar-refractivity contribution >= 4 is 65.3 Å². The second kappa shape index (κ2) is 12.2. The van der Waals surface area contributed by atoms with Crippen molar-refractivity contribution in [2.45, 2.75) is 0 Å². The molecule has 0 fully saturated rings. The number of hydrogen-bond donors (Lipinski definition) is 0. The standard InChI is InChI=1S/C54H32N4O/c1-2-11-33(12-3-1)34-21-25-39(26-22-34)57-47-28-24-37(30-43(47)44-29-35-13-4-5-14-36(35)31-49(44)57)38-23-27-41-40-15-6-8-18-46(40)58(48(41)32-38)54-55-45-17-10-20-51-52(45)53(56-54)42-16-7-9-19-50(42)59-51/h1-32H. The van der Waals surface area contributed by atoms with E-state index < -0.39 is 0 Å². The Kier molecular flexibility index (Phi) is 6.66. The highest BCUT2D eigenvalue weighted by Gasteiger charge is 2.25. The van der Waals surface area contributed by atoms with Crippen LogP contribution in [0, 0.1) is 0 Å². The first-order chi connectivity index (χ1) is 29.2. The average Bonchev–Trinajstić information content (AvgIpc) is 3.80. The van der Waals surface area contributed by atoms with E-state index in [1.54, 1.807) is 0 Å². The van der Waals surface area contributed by atoms with Crippen molar-refractivity contribution in [2.24, 2.45) is 0 Å². The van der Waals surface area contributed by atoms with Crippen molar-refractivity contribution in [2.75, 3.05) is 0 Å². The highest BCUT2D eigenvalue weighted by molar-refractivity contribution is 6.15. The molecule has 5 nitrogen and oxygen atoms in total. The molecule has 59 heavy (non-hydrogen) atoms. The number of hydrogen-bond acceptors (Lipinski definition) is 3. The fourth-order valence-electron chi connectivity index (χ4n) is 9.35. The van der Waals surface area contributed by atoms with Gasteiger partial charge in [-0.25, -0.2) is 9.97 Å². The minimum absolute atomic E-state index is 0.633. The maximum Gasteiger partial charge on any atom is 0.235 e. The predicted molar refractivity (Wildman–Crippen MR) is 242 cm³/mol.